The van der Waals surface area contributed by atoms with Crippen molar-refractivity contribution in [2.75, 3.05) is 11.9 Å². The van der Waals surface area contributed by atoms with Crippen molar-refractivity contribution in [3.63, 3.8) is 0 Å². The second-order valence-electron chi connectivity index (χ2n) is 4.14. The van der Waals surface area contributed by atoms with Crippen molar-refractivity contribution in [1.29, 1.82) is 0 Å². The van der Waals surface area contributed by atoms with E-state index in [2.05, 4.69) is 27.9 Å². The van der Waals surface area contributed by atoms with Crippen molar-refractivity contribution < 1.29 is 9.53 Å². The fraction of sp³-hybridized carbons (Fsp3) is 0.133. The van der Waals surface area contributed by atoms with Gasteiger partial charge in [-0.15, -0.1) is 0 Å². The van der Waals surface area contributed by atoms with E-state index in [4.69, 9.17) is 4.74 Å². The van der Waals surface area contributed by atoms with Crippen molar-refractivity contribution in [3.8, 4) is 5.75 Å². The summed E-state index contributed by atoms with van der Waals surface area (Å²) < 4.78 is 6.47. The third kappa shape index (κ3) is 4.24. The summed E-state index contributed by atoms with van der Waals surface area (Å²) in [6.07, 6.45) is 0. The molecule has 0 aliphatic heterocycles. The second-order valence-corrected chi connectivity index (χ2v) is 5.30. The van der Waals surface area contributed by atoms with Crippen LogP contribution in [0.3, 0.4) is 0 Å². The first-order valence-electron chi connectivity index (χ1n) is 5.89. The van der Waals surface area contributed by atoms with Gasteiger partial charge < -0.3 is 10.1 Å². The molecular weight excluding hydrogens is 353 g/mol. The fourth-order valence-corrected chi connectivity index (χ4v) is 2.17. The average molecular weight is 367 g/mol. The molecule has 0 saturated heterocycles. The highest BCUT2D eigenvalue weighted by Gasteiger charge is 2.05. The Labute approximate surface area is 126 Å². The Kier molecular flexibility index (Phi) is 4.79. The van der Waals surface area contributed by atoms with Crippen LogP contribution >= 0.6 is 22.6 Å². The predicted octanol–water partition coefficient (Wildman–Crippen LogP) is 3.62. The van der Waals surface area contributed by atoms with Gasteiger partial charge in [0.15, 0.2) is 6.61 Å². The van der Waals surface area contributed by atoms with E-state index in [0.29, 0.717) is 0 Å². The molecule has 0 aromatic heterocycles. The van der Waals surface area contributed by atoms with E-state index in [0.717, 1.165) is 20.6 Å². The summed E-state index contributed by atoms with van der Waals surface area (Å²) in [5, 5.41) is 2.81. The molecule has 19 heavy (non-hydrogen) atoms. The Bertz CT molecular complexity index is 584. The van der Waals surface area contributed by atoms with Crippen LogP contribution in [0.4, 0.5) is 5.69 Å². The number of hydrogen-bond donors (Lipinski definition) is 1. The first-order chi connectivity index (χ1) is 9.15. The molecule has 1 N–H and O–H groups in total. The zero-order valence-corrected chi connectivity index (χ0v) is 12.7. The first kappa shape index (κ1) is 13.9. The minimum atomic E-state index is -0.162. The molecule has 0 unspecified atom stereocenters. The van der Waals surface area contributed by atoms with Crippen molar-refractivity contribution in [2.24, 2.45) is 0 Å². The zero-order chi connectivity index (χ0) is 13.7. The summed E-state index contributed by atoms with van der Waals surface area (Å²) in [7, 11) is 0. The predicted molar refractivity (Wildman–Crippen MR) is 84.5 cm³/mol. The number of nitrogens with one attached hydrogen (secondary N) is 1. The Balaban J connectivity index is 1.90. The summed E-state index contributed by atoms with van der Waals surface area (Å²) in [5.74, 6) is 0.563. The van der Waals surface area contributed by atoms with Gasteiger partial charge in [0.1, 0.15) is 5.75 Å². The Morgan fingerprint density at radius 1 is 1.21 bits per heavy atom. The lowest BCUT2D eigenvalue weighted by molar-refractivity contribution is -0.118. The maximum Gasteiger partial charge on any atom is 0.262 e. The van der Waals surface area contributed by atoms with Gasteiger partial charge in [-0.25, -0.2) is 0 Å². The number of aryl methyl sites for hydroxylation is 1. The van der Waals surface area contributed by atoms with Crippen LogP contribution in [0.25, 0.3) is 0 Å². The molecule has 2 rings (SSSR count). The van der Waals surface area contributed by atoms with E-state index >= 15 is 0 Å². The summed E-state index contributed by atoms with van der Waals surface area (Å²) in [4.78, 5) is 11.8. The number of carbonyl (C=O) groups excluding carboxylic acids is 1. The molecule has 0 saturated carbocycles. The fourth-order valence-electron chi connectivity index (χ4n) is 1.62. The third-order valence-electron chi connectivity index (χ3n) is 2.50. The highest BCUT2D eigenvalue weighted by Crippen LogP contribution is 2.19. The highest BCUT2D eigenvalue weighted by molar-refractivity contribution is 14.1. The molecule has 0 aliphatic carbocycles. The van der Waals surface area contributed by atoms with Crippen molar-refractivity contribution in [3.05, 3.63) is 57.7 Å². The van der Waals surface area contributed by atoms with Crippen LogP contribution in [0.2, 0.25) is 0 Å². The second kappa shape index (κ2) is 6.56. The monoisotopic (exact) mass is 367 g/mol. The maximum absolute atomic E-state index is 11.8. The topological polar surface area (TPSA) is 38.3 Å². The molecule has 0 spiro atoms. The van der Waals surface area contributed by atoms with Gasteiger partial charge in [-0.3, -0.25) is 4.79 Å². The number of para-hydroxylation sites is 1. The number of hydrogen-bond acceptors (Lipinski definition) is 2. The van der Waals surface area contributed by atoms with E-state index in [-0.39, 0.29) is 12.5 Å². The molecule has 0 bridgehead atoms. The molecule has 1 amide bonds. The van der Waals surface area contributed by atoms with Crippen molar-refractivity contribution in [2.45, 2.75) is 6.92 Å². The Morgan fingerprint density at radius 2 is 2.00 bits per heavy atom. The van der Waals surface area contributed by atoms with Crippen LogP contribution in [0.15, 0.2) is 48.5 Å². The molecule has 0 heterocycles. The Morgan fingerprint density at radius 3 is 2.74 bits per heavy atom. The standard InChI is InChI=1S/C15H14INO2/c1-11-5-4-6-12(9-11)17-15(18)10-19-14-8-3-2-7-13(14)16/h2-9H,10H2,1H3,(H,17,18). The van der Waals surface area contributed by atoms with Crippen LogP contribution in [0.5, 0.6) is 5.75 Å². The summed E-state index contributed by atoms with van der Waals surface area (Å²) >= 11 is 2.18. The first-order valence-corrected chi connectivity index (χ1v) is 6.97. The quantitative estimate of drug-likeness (QED) is 0.839. The van der Waals surface area contributed by atoms with E-state index in [1.54, 1.807) is 0 Å². The van der Waals surface area contributed by atoms with Gasteiger partial charge in [-0.05, 0) is 59.3 Å². The van der Waals surface area contributed by atoms with Crippen LogP contribution < -0.4 is 10.1 Å². The summed E-state index contributed by atoms with van der Waals surface area (Å²) in [5.41, 5.74) is 1.90. The third-order valence-corrected chi connectivity index (χ3v) is 3.39. The zero-order valence-electron chi connectivity index (χ0n) is 10.5. The van der Waals surface area contributed by atoms with Gasteiger partial charge in [0, 0.05) is 5.69 Å². The number of ether oxygens (including phenoxy) is 1. The SMILES string of the molecule is Cc1cccc(NC(=O)COc2ccccc2I)c1. The lowest BCUT2D eigenvalue weighted by Crippen LogP contribution is -2.20. The van der Waals surface area contributed by atoms with E-state index in [9.17, 15) is 4.79 Å². The van der Waals surface area contributed by atoms with Gasteiger partial charge >= 0.3 is 0 Å². The number of rotatable bonds is 4. The van der Waals surface area contributed by atoms with Crippen molar-refractivity contribution >= 4 is 34.2 Å². The van der Waals surface area contributed by atoms with Gasteiger partial charge in [-0.2, -0.15) is 0 Å². The molecule has 4 heteroatoms. The molecule has 0 aliphatic rings. The molecule has 98 valence electrons. The van der Waals surface area contributed by atoms with Crippen LogP contribution in [-0.2, 0) is 4.79 Å². The van der Waals surface area contributed by atoms with E-state index < -0.39 is 0 Å². The molecular formula is C15H14INO2. The molecule has 3 nitrogen and oxygen atoms in total. The lowest BCUT2D eigenvalue weighted by atomic mass is 10.2. The van der Waals surface area contributed by atoms with Gasteiger partial charge in [0.25, 0.3) is 5.91 Å². The molecule has 2 aromatic carbocycles. The summed E-state index contributed by atoms with van der Waals surface area (Å²) in [6, 6.07) is 15.3. The average Bonchev–Trinajstić information content (AvgIpc) is 2.38. The number of benzene rings is 2. The molecule has 0 fully saturated rings. The van der Waals surface area contributed by atoms with Crippen LogP contribution in [-0.4, -0.2) is 12.5 Å². The molecule has 0 radical (unpaired) electrons. The van der Waals surface area contributed by atoms with Crippen molar-refractivity contribution in [1.82, 2.24) is 0 Å². The minimum Gasteiger partial charge on any atom is -0.483 e. The maximum atomic E-state index is 11.8. The lowest BCUT2D eigenvalue weighted by Gasteiger charge is -2.09. The van der Waals surface area contributed by atoms with E-state index in [1.807, 2.05) is 55.5 Å². The molecule has 0 atom stereocenters. The number of halogens is 1. The normalized spacial score (nSPS) is 10.0. The van der Waals surface area contributed by atoms with Gasteiger partial charge in [0.05, 0.1) is 3.57 Å². The number of amides is 1. The Hall–Kier alpha value is -1.56. The van der Waals surface area contributed by atoms with Gasteiger partial charge in [0.2, 0.25) is 0 Å². The number of anilines is 1. The largest absolute Gasteiger partial charge is 0.483 e. The number of carbonyl (C=O) groups is 1. The summed E-state index contributed by atoms with van der Waals surface area (Å²) in [6.45, 7) is 1.99. The highest BCUT2D eigenvalue weighted by atomic mass is 127. The van der Waals surface area contributed by atoms with E-state index in [1.165, 1.54) is 0 Å². The smallest absolute Gasteiger partial charge is 0.262 e. The van der Waals surface area contributed by atoms with Crippen LogP contribution in [0, 0.1) is 10.5 Å². The van der Waals surface area contributed by atoms with Gasteiger partial charge in [-0.1, -0.05) is 24.3 Å². The minimum absolute atomic E-state index is 0.00789. The molecule has 2 aromatic rings. The van der Waals surface area contributed by atoms with Crippen LogP contribution in [0.1, 0.15) is 5.56 Å².